The van der Waals surface area contributed by atoms with Crippen LogP contribution in [-0.2, 0) is 14.8 Å². The molecule has 1 aliphatic rings. The van der Waals surface area contributed by atoms with E-state index in [-0.39, 0.29) is 10.6 Å². The number of benzene rings is 4. The van der Waals surface area contributed by atoms with E-state index in [0.29, 0.717) is 11.1 Å². The monoisotopic (exact) mass is 471 g/mol. The maximum Gasteiger partial charge on any atom is 0.270 e. The molecule has 0 saturated heterocycles. The third kappa shape index (κ3) is 3.60. The van der Waals surface area contributed by atoms with Crippen molar-refractivity contribution >= 4 is 21.6 Å². The predicted octanol–water partition coefficient (Wildman–Crippen LogP) is 5.98. The fraction of sp³-hybridized carbons (Fsp3) is 0.107. The highest BCUT2D eigenvalue weighted by Crippen LogP contribution is 2.47. The van der Waals surface area contributed by atoms with Gasteiger partial charge in [-0.05, 0) is 72.5 Å². The van der Waals surface area contributed by atoms with Crippen LogP contribution in [0.15, 0.2) is 95.9 Å². The molecule has 0 heterocycles. The minimum Gasteiger partial charge on any atom is -0.272 e. The summed E-state index contributed by atoms with van der Waals surface area (Å²) in [4.78, 5) is 14.2. The molecule has 1 atom stereocenters. The van der Waals surface area contributed by atoms with Gasteiger partial charge in [-0.15, -0.1) is 0 Å². The Hall–Kier alpha value is -3.77. The normalized spacial score (nSPS) is 14.4. The van der Waals surface area contributed by atoms with Gasteiger partial charge < -0.3 is 0 Å². The van der Waals surface area contributed by atoms with E-state index in [2.05, 4.69) is 0 Å². The molecule has 34 heavy (non-hydrogen) atoms. The molecule has 6 heteroatoms. The lowest BCUT2D eigenvalue weighted by Crippen LogP contribution is -2.40. The lowest BCUT2D eigenvalue weighted by Gasteiger charge is -2.26. The SMILES string of the molecule is Cc1ccc(S(=O)(=O)N(C(=O)C2c3cc(C)ccc3-c3ccc(F)cc32)c2ccccc2)cc1. The Morgan fingerprint density at radius 2 is 1.35 bits per heavy atom. The van der Waals surface area contributed by atoms with E-state index in [1.54, 1.807) is 48.5 Å². The zero-order valence-electron chi connectivity index (χ0n) is 18.7. The highest BCUT2D eigenvalue weighted by Gasteiger charge is 2.41. The van der Waals surface area contributed by atoms with E-state index < -0.39 is 27.7 Å². The predicted molar refractivity (Wildman–Crippen MR) is 131 cm³/mol. The van der Waals surface area contributed by atoms with Gasteiger partial charge >= 0.3 is 0 Å². The second kappa shape index (κ2) is 8.22. The van der Waals surface area contributed by atoms with Crippen molar-refractivity contribution in [1.82, 2.24) is 0 Å². The van der Waals surface area contributed by atoms with Crippen LogP contribution in [0, 0.1) is 19.7 Å². The van der Waals surface area contributed by atoms with Gasteiger partial charge in [0.1, 0.15) is 5.82 Å². The number of rotatable bonds is 4. The van der Waals surface area contributed by atoms with Crippen molar-refractivity contribution in [2.24, 2.45) is 0 Å². The van der Waals surface area contributed by atoms with Gasteiger partial charge in [-0.3, -0.25) is 4.79 Å². The van der Waals surface area contributed by atoms with E-state index in [0.717, 1.165) is 26.6 Å². The Kier molecular flexibility index (Phi) is 5.33. The lowest BCUT2D eigenvalue weighted by molar-refractivity contribution is -0.117. The first-order valence-corrected chi connectivity index (χ1v) is 12.3. The summed E-state index contributed by atoms with van der Waals surface area (Å²) in [6.07, 6.45) is 0. The van der Waals surface area contributed by atoms with Gasteiger partial charge in [0.2, 0.25) is 0 Å². The molecule has 4 nitrogen and oxygen atoms in total. The van der Waals surface area contributed by atoms with Gasteiger partial charge in [0.25, 0.3) is 15.9 Å². The molecule has 1 unspecified atom stereocenters. The van der Waals surface area contributed by atoms with E-state index in [1.807, 2.05) is 32.0 Å². The largest absolute Gasteiger partial charge is 0.272 e. The molecule has 1 amide bonds. The molecule has 5 rings (SSSR count). The molecule has 4 aromatic carbocycles. The Labute approximate surface area is 198 Å². The average Bonchev–Trinajstić information content (AvgIpc) is 3.12. The molecule has 0 spiro atoms. The van der Waals surface area contributed by atoms with Gasteiger partial charge in [0.05, 0.1) is 16.5 Å². The number of carbonyl (C=O) groups excluding carboxylic acids is 1. The molecule has 170 valence electrons. The molecule has 0 fully saturated rings. The highest BCUT2D eigenvalue weighted by atomic mass is 32.2. The van der Waals surface area contributed by atoms with Crippen LogP contribution >= 0.6 is 0 Å². The number of halogens is 1. The molecule has 0 N–H and O–H groups in total. The third-order valence-corrected chi connectivity index (χ3v) is 7.87. The fourth-order valence-electron chi connectivity index (χ4n) is 4.50. The topological polar surface area (TPSA) is 54.5 Å². The number of sulfonamides is 1. The highest BCUT2D eigenvalue weighted by molar-refractivity contribution is 7.93. The summed E-state index contributed by atoms with van der Waals surface area (Å²) in [7, 11) is -4.24. The molecular formula is C28H22FNO3S. The second-order valence-corrected chi connectivity index (χ2v) is 10.3. The van der Waals surface area contributed by atoms with Gasteiger partial charge in [0, 0.05) is 0 Å². The quantitative estimate of drug-likeness (QED) is 0.368. The molecule has 0 bridgehead atoms. The first kappa shape index (κ1) is 22.0. The van der Waals surface area contributed by atoms with Crippen LogP contribution < -0.4 is 4.31 Å². The lowest BCUT2D eigenvalue weighted by atomic mass is 9.95. The fourth-order valence-corrected chi connectivity index (χ4v) is 5.93. The Morgan fingerprint density at radius 1 is 0.765 bits per heavy atom. The van der Waals surface area contributed by atoms with Crippen LogP contribution in [0.3, 0.4) is 0 Å². The number of para-hydroxylation sites is 1. The number of hydrogen-bond donors (Lipinski definition) is 0. The Morgan fingerprint density at radius 3 is 2.03 bits per heavy atom. The van der Waals surface area contributed by atoms with Crippen molar-refractivity contribution < 1.29 is 17.6 Å². The standard InChI is InChI=1S/C28H22FNO3S/c1-18-8-12-22(13-9-18)34(32,33)30(21-6-4-3-5-7-21)28(31)27-25-16-19(2)10-14-23(25)24-15-11-20(29)17-26(24)27/h3-17,27H,1-2H3. The van der Waals surface area contributed by atoms with E-state index >= 15 is 0 Å². The summed E-state index contributed by atoms with van der Waals surface area (Å²) in [5.41, 5.74) is 4.73. The first-order valence-electron chi connectivity index (χ1n) is 10.9. The summed E-state index contributed by atoms with van der Waals surface area (Å²) in [6, 6.07) is 24.7. The minimum absolute atomic E-state index is 0.0113. The summed E-state index contributed by atoms with van der Waals surface area (Å²) in [5.74, 6) is -2.09. The van der Waals surface area contributed by atoms with Gasteiger partial charge in [-0.2, -0.15) is 0 Å². The molecule has 4 aromatic rings. The number of carbonyl (C=O) groups is 1. The zero-order valence-corrected chi connectivity index (χ0v) is 19.5. The van der Waals surface area contributed by atoms with Crippen LogP contribution in [0.2, 0.25) is 0 Å². The Balaban J connectivity index is 1.73. The summed E-state index contributed by atoms with van der Waals surface area (Å²) in [5, 5.41) is 0. The van der Waals surface area contributed by atoms with Crippen molar-refractivity contribution in [2.75, 3.05) is 4.31 Å². The first-order chi connectivity index (χ1) is 16.3. The van der Waals surface area contributed by atoms with Crippen LogP contribution in [0.1, 0.15) is 28.2 Å². The van der Waals surface area contributed by atoms with Crippen LogP contribution in [0.5, 0.6) is 0 Å². The minimum atomic E-state index is -4.24. The molecule has 1 aliphatic carbocycles. The Bertz CT molecular complexity index is 1460. The molecule has 0 aromatic heterocycles. The van der Waals surface area contributed by atoms with Crippen LogP contribution in [-0.4, -0.2) is 14.3 Å². The van der Waals surface area contributed by atoms with Crippen LogP contribution in [0.4, 0.5) is 10.1 Å². The summed E-state index contributed by atoms with van der Waals surface area (Å²) < 4.78 is 42.8. The number of nitrogens with zero attached hydrogens (tertiary/aromatic N) is 1. The molecule has 0 aliphatic heterocycles. The van der Waals surface area contributed by atoms with Gasteiger partial charge in [-0.25, -0.2) is 17.1 Å². The van der Waals surface area contributed by atoms with Crippen molar-refractivity contribution in [2.45, 2.75) is 24.7 Å². The van der Waals surface area contributed by atoms with Gasteiger partial charge in [-0.1, -0.05) is 65.7 Å². The number of aryl methyl sites for hydroxylation is 2. The summed E-state index contributed by atoms with van der Waals surface area (Å²) >= 11 is 0. The van der Waals surface area contributed by atoms with Crippen LogP contribution in [0.25, 0.3) is 11.1 Å². The molecular weight excluding hydrogens is 449 g/mol. The maximum absolute atomic E-state index is 14.3. The number of fused-ring (bicyclic) bond motifs is 3. The smallest absolute Gasteiger partial charge is 0.270 e. The molecule has 0 radical (unpaired) electrons. The zero-order chi connectivity index (χ0) is 24.0. The van der Waals surface area contributed by atoms with E-state index in [4.69, 9.17) is 0 Å². The number of anilines is 1. The van der Waals surface area contributed by atoms with Gasteiger partial charge in [0.15, 0.2) is 0 Å². The van der Waals surface area contributed by atoms with E-state index in [1.165, 1.54) is 24.3 Å². The number of amides is 1. The van der Waals surface area contributed by atoms with E-state index in [9.17, 15) is 17.6 Å². The maximum atomic E-state index is 14.3. The third-order valence-electron chi connectivity index (χ3n) is 6.13. The number of hydrogen-bond acceptors (Lipinski definition) is 3. The average molecular weight is 472 g/mol. The second-order valence-electron chi connectivity index (χ2n) is 8.51. The summed E-state index contributed by atoms with van der Waals surface area (Å²) in [6.45, 7) is 3.77. The molecule has 0 saturated carbocycles. The van der Waals surface area contributed by atoms with Crippen molar-refractivity contribution in [3.8, 4) is 11.1 Å². The van der Waals surface area contributed by atoms with Crippen molar-refractivity contribution in [3.05, 3.63) is 119 Å². The van der Waals surface area contributed by atoms with Crippen molar-refractivity contribution in [3.63, 3.8) is 0 Å². The van der Waals surface area contributed by atoms with Crippen molar-refractivity contribution in [1.29, 1.82) is 0 Å².